The van der Waals surface area contributed by atoms with Crippen LogP contribution in [-0.4, -0.2) is 34.1 Å². The summed E-state index contributed by atoms with van der Waals surface area (Å²) in [5.41, 5.74) is 6.57. The quantitative estimate of drug-likeness (QED) is 0.877. The zero-order valence-corrected chi connectivity index (χ0v) is 13.6. The maximum Gasteiger partial charge on any atom is 0.246 e. The molecule has 2 heterocycles. The Kier molecular flexibility index (Phi) is 4.81. The van der Waals surface area contributed by atoms with E-state index in [2.05, 4.69) is 20.1 Å². The number of carbonyl (C=O) groups is 1. The lowest BCUT2D eigenvalue weighted by atomic mass is 9.90. The molecule has 0 amide bonds. The Hall–Kier alpha value is -2.08. The fourth-order valence-electron chi connectivity index (χ4n) is 2.97. The lowest BCUT2D eigenvalue weighted by molar-refractivity contribution is -0.119. The summed E-state index contributed by atoms with van der Waals surface area (Å²) in [6.07, 6.45) is 3.06. The number of nitrogens with two attached hydrogens (primary N) is 1. The number of carbonyl (C=O) groups excluding carboxylic acids is 1. The van der Waals surface area contributed by atoms with Gasteiger partial charge in [0.05, 0.1) is 0 Å². The van der Waals surface area contributed by atoms with Crippen molar-refractivity contribution in [3.8, 4) is 0 Å². The number of halogens is 1. The number of ketones is 1. The third-order valence-electron chi connectivity index (χ3n) is 4.22. The number of Topliss-reactive ketones (excluding diaryl/α,β-unsaturated/α-hetero) is 1. The van der Waals surface area contributed by atoms with E-state index in [4.69, 9.17) is 17.3 Å². The number of anilines is 2. The summed E-state index contributed by atoms with van der Waals surface area (Å²) in [5.74, 6) is 1.70. The van der Waals surface area contributed by atoms with Gasteiger partial charge < -0.3 is 10.6 Å². The number of H-pyrrole nitrogens is 1. The number of nitrogens with one attached hydrogen (secondary N) is 1. The average molecular weight is 334 g/mol. The summed E-state index contributed by atoms with van der Waals surface area (Å²) < 4.78 is 0. The number of nitrogens with zero attached hydrogens (tertiary/aromatic N) is 3. The average Bonchev–Trinajstić information content (AvgIpc) is 2.97. The number of nitrogen functional groups attached to an aromatic ring is 1. The van der Waals surface area contributed by atoms with Crippen LogP contribution in [0.2, 0.25) is 5.02 Å². The highest BCUT2D eigenvalue weighted by Gasteiger charge is 2.23. The van der Waals surface area contributed by atoms with Gasteiger partial charge in [-0.15, -0.1) is 5.10 Å². The SMILES string of the molecule is Nc1nc(N2CCC(CC(=O)Cc3ccc(Cl)cc3)CC2)n[nH]1. The third kappa shape index (κ3) is 4.22. The highest BCUT2D eigenvalue weighted by molar-refractivity contribution is 6.30. The van der Waals surface area contributed by atoms with E-state index < -0.39 is 0 Å². The number of aromatic nitrogens is 3. The van der Waals surface area contributed by atoms with Gasteiger partial charge in [-0.1, -0.05) is 23.7 Å². The minimum absolute atomic E-state index is 0.285. The second kappa shape index (κ2) is 7.00. The van der Waals surface area contributed by atoms with Gasteiger partial charge in [0.25, 0.3) is 0 Å². The van der Waals surface area contributed by atoms with Crippen LogP contribution in [0.15, 0.2) is 24.3 Å². The Morgan fingerprint density at radius 2 is 2.00 bits per heavy atom. The maximum atomic E-state index is 12.2. The highest BCUT2D eigenvalue weighted by atomic mass is 35.5. The van der Waals surface area contributed by atoms with Gasteiger partial charge in [-0.3, -0.25) is 4.79 Å². The molecule has 1 aliphatic rings. The van der Waals surface area contributed by atoms with Crippen LogP contribution in [0, 0.1) is 5.92 Å². The molecule has 1 aliphatic heterocycles. The van der Waals surface area contributed by atoms with E-state index in [1.54, 1.807) is 0 Å². The Morgan fingerprint density at radius 3 is 2.61 bits per heavy atom. The van der Waals surface area contributed by atoms with Crippen molar-refractivity contribution < 1.29 is 4.79 Å². The van der Waals surface area contributed by atoms with Crippen molar-refractivity contribution >= 4 is 29.3 Å². The minimum atomic E-state index is 0.285. The molecule has 2 aromatic rings. The van der Waals surface area contributed by atoms with Gasteiger partial charge in [0.2, 0.25) is 11.9 Å². The Bertz CT molecular complexity index is 661. The number of hydrogen-bond acceptors (Lipinski definition) is 5. The first kappa shape index (κ1) is 15.8. The van der Waals surface area contributed by atoms with Crippen LogP contribution in [0.3, 0.4) is 0 Å². The standard InChI is InChI=1S/C16H20ClN5O/c17-13-3-1-11(2-4-13)9-14(23)10-12-5-7-22(8-6-12)16-19-15(18)20-21-16/h1-4,12H,5-10H2,(H3,18,19,20,21). The number of hydrogen-bond donors (Lipinski definition) is 2. The van der Waals surface area contributed by atoms with E-state index >= 15 is 0 Å². The first-order valence-electron chi connectivity index (χ1n) is 7.79. The summed E-state index contributed by atoms with van der Waals surface area (Å²) in [4.78, 5) is 18.5. The van der Waals surface area contributed by atoms with Gasteiger partial charge in [-0.2, -0.15) is 4.98 Å². The monoisotopic (exact) mass is 333 g/mol. The van der Waals surface area contributed by atoms with Crippen molar-refractivity contribution in [3.05, 3.63) is 34.9 Å². The number of piperidine rings is 1. The topological polar surface area (TPSA) is 87.9 Å². The van der Waals surface area contributed by atoms with Crippen LogP contribution >= 0.6 is 11.6 Å². The summed E-state index contributed by atoms with van der Waals surface area (Å²) in [7, 11) is 0. The van der Waals surface area contributed by atoms with Crippen LogP contribution < -0.4 is 10.6 Å². The summed E-state index contributed by atoms with van der Waals surface area (Å²) in [6.45, 7) is 1.71. The predicted molar refractivity (Wildman–Crippen MR) is 90.5 cm³/mol. The molecular formula is C16H20ClN5O. The van der Waals surface area contributed by atoms with Gasteiger partial charge in [0, 0.05) is 31.0 Å². The fraction of sp³-hybridized carbons (Fsp3) is 0.438. The molecule has 6 nitrogen and oxygen atoms in total. The van der Waals surface area contributed by atoms with Crippen LogP contribution in [0.4, 0.5) is 11.9 Å². The van der Waals surface area contributed by atoms with Crippen molar-refractivity contribution in [2.75, 3.05) is 23.7 Å². The second-order valence-electron chi connectivity index (χ2n) is 6.00. The van der Waals surface area contributed by atoms with E-state index in [1.165, 1.54) is 0 Å². The molecule has 0 aliphatic carbocycles. The van der Waals surface area contributed by atoms with Crippen molar-refractivity contribution in [1.29, 1.82) is 0 Å². The van der Waals surface area contributed by atoms with Gasteiger partial charge in [-0.25, -0.2) is 5.10 Å². The van der Waals surface area contributed by atoms with E-state index in [0.29, 0.717) is 35.7 Å². The smallest absolute Gasteiger partial charge is 0.246 e. The molecule has 1 saturated heterocycles. The largest absolute Gasteiger partial charge is 0.368 e. The number of rotatable bonds is 5. The lowest BCUT2D eigenvalue weighted by Crippen LogP contribution is -2.35. The molecule has 0 bridgehead atoms. The van der Waals surface area contributed by atoms with Crippen LogP contribution in [-0.2, 0) is 11.2 Å². The maximum absolute atomic E-state index is 12.2. The second-order valence-corrected chi connectivity index (χ2v) is 6.43. The third-order valence-corrected chi connectivity index (χ3v) is 4.47. The van der Waals surface area contributed by atoms with E-state index in [1.807, 2.05) is 24.3 Å². The molecule has 0 unspecified atom stereocenters. The van der Waals surface area contributed by atoms with Crippen molar-refractivity contribution in [2.45, 2.75) is 25.7 Å². The number of benzene rings is 1. The molecule has 0 atom stereocenters. The van der Waals surface area contributed by atoms with E-state index in [-0.39, 0.29) is 5.78 Å². The van der Waals surface area contributed by atoms with E-state index in [9.17, 15) is 4.79 Å². The molecule has 0 radical (unpaired) electrons. The van der Waals surface area contributed by atoms with Crippen LogP contribution in [0.1, 0.15) is 24.8 Å². The normalized spacial score (nSPS) is 15.8. The molecule has 23 heavy (non-hydrogen) atoms. The Morgan fingerprint density at radius 1 is 1.30 bits per heavy atom. The van der Waals surface area contributed by atoms with Gasteiger partial charge in [-0.05, 0) is 36.5 Å². The van der Waals surface area contributed by atoms with Crippen molar-refractivity contribution in [3.63, 3.8) is 0 Å². The predicted octanol–water partition coefficient (Wildman–Crippen LogP) is 2.46. The van der Waals surface area contributed by atoms with Crippen molar-refractivity contribution in [1.82, 2.24) is 15.2 Å². The Balaban J connectivity index is 1.46. The van der Waals surface area contributed by atoms with Gasteiger partial charge in [0.15, 0.2) is 0 Å². The summed E-state index contributed by atoms with van der Waals surface area (Å²) >= 11 is 5.86. The molecule has 7 heteroatoms. The summed E-state index contributed by atoms with van der Waals surface area (Å²) in [5, 5.41) is 7.42. The first-order valence-corrected chi connectivity index (χ1v) is 8.17. The molecule has 1 aromatic carbocycles. The molecule has 1 fully saturated rings. The van der Waals surface area contributed by atoms with E-state index in [0.717, 1.165) is 31.5 Å². The Labute approximate surface area is 140 Å². The fourth-order valence-corrected chi connectivity index (χ4v) is 3.09. The van der Waals surface area contributed by atoms with Gasteiger partial charge in [0.1, 0.15) is 5.78 Å². The molecular weight excluding hydrogens is 314 g/mol. The van der Waals surface area contributed by atoms with Crippen molar-refractivity contribution in [2.24, 2.45) is 5.92 Å². The van der Waals surface area contributed by atoms with Gasteiger partial charge >= 0.3 is 0 Å². The summed E-state index contributed by atoms with van der Waals surface area (Å²) in [6, 6.07) is 7.48. The first-order chi connectivity index (χ1) is 11.1. The zero-order chi connectivity index (χ0) is 16.2. The molecule has 3 N–H and O–H groups in total. The minimum Gasteiger partial charge on any atom is -0.368 e. The van der Waals surface area contributed by atoms with Crippen LogP contribution in [0.25, 0.3) is 0 Å². The molecule has 122 valence electrons. The zero-order valence-electron chi connectivity index (χ0n) is 12.8. The lowest BCUT2D eigenvalue weighted by Gasteiger charge is -2.30. The molecule has 3 rings (SSSR count). The number of aromatic amines is 1. The molecule has 0 saturated carbocycles. The molecule has 0 spiro atoms. The highest BCUT2D eigenvalue weighted by Crippen LogP contribution is 2.24. The van der Waals surface area contributed by atoms with Crippen LogP contribution in [0.5, 0.6) is 0 Å². The molecule has 1 aromatic heterocycles.